The zero-order valence-electron chi connectivity index (χ0n) is 9.40. The summed E-state index contributed by atoms with van der Waals surface area (Å²) in [6.45, 7) is 1.89. The van der Waals surface area contributed by atoms with Crippen LogP contribution in [0.2, 0.25) is 0 Å². The van der Waals surface area contributed by atoms with Crippen molar-refractivity contribution in [3.63, 3.8) is 0 Å². The second kappa shape index (κ2) is 5.75. The van der Waals surface area contributed by atoms with Crippen molar-refractivity contribution in [1.29, 1.82) is 0 Å². The predicted molar refractivity (Wildman–Crippen MR) is 60.4 cm³/mol. The third-order valence-corrected chi connectivity index (χ3v) is 2.16. The van der Waals surface area contributed by atoms with Gasteiger partial charge in [-0.3, -0.25) is 4.79 Å². The van der Waals surface area contributed by atoms with E-state index in [0.717, 1.165) is 0 Å². The summed E-state index contributed by atoms with van der Waals surface area (Å²) in [7, 11) is 0. The molecule has 2 N–H and O–H groups in total. The van der Waals surface area contributed by atoms with E-state index < -0.39 is 17.9 Å². The Hall–Kier alpha value is -2.22. The number of hydrogen-bond acceptors (Lipinski definition) is 3. The number of carboxylic acids is 1. The number of aliphatic carboxylic acids is 1. The lowest BCUT2D eigenvalue weighted by Crippen LogP contribution is -2.40. The van der Waals surface area contributed by atoms with Crippen LogP contribution in [0.1, 0.15) is 29.7 Å². The summed E-state index contributed by atoms with van der Waals surface area (Å²) in [5.41, 5.74) is 0. The maximum atomic E-state index is 11.6. The van der Waals surface area contributed by atoms with E-state index in [1.54, 1.807) is 6.07 Å². The van der Waals surface area contributed by atoms with E-state index in [1.165, 1.54) is 6.07 Å². The molecular formula is C12H13NO4. The van der Waals surface area contributed by atoms with Crippen LogP contribution >= 0.6 is 0 Å². The van der Waals surface area contributed by atoms with Crippen molar-refractivity contribution < 1.29 is 19.1 Å². The molecule has 1 atom stereocenters. The molecule has 0 bridgehead atoms. The van der Waals surface area contributed by atoms with Crippen molar-refractivity contribution >= 4 is 11.9 Å². The Bertz CT molecular complexity index is 455. The number of hydrogen-bond donors (Lipinski definition) is 2. The highest BCUT2D eigenvalue weighted by atomic mass is 16.4. The molecule has 1 heterocycles. The minimum atomic E-state index is -1.17. The van der Waals surface area contributed by atoms with E-state index >= 15 is 0 Å². The van der Waals surface area contributed by atoms with E-state index in [4.69, 9.17) is 15.9 Å². The summed E-state index contributed by atoms with van der Waals surface area (Å²) in [5, 5.41) is 11.1. The Morgan fingerprint density at radius 2 is 2.29 bits per heavy atom. The van der Waals surface area contributed by atoms with Gasteiger partial charge in [-0.1, -0.05) is 6.92 Å². The van der Waals surface area contributed by atoms with Crippen LogP contribution in [0, 0.1) is 12.3 Å². The summed E-state index contributed by atoms with van der Waals surface area (Å²) in [4.78, 5) is 22.4. The lowest BCUT2D eigenvalue weighted by atomic mass is 10.2. The first-order valence-electron chi connectivity index (χ1n) is 5.14. The van der Waals surface area contributed by atoms with Crippen molar-refractivity contribution in [3.8, 4) is 12.3 Å². The summed E-state index contributed by atoms with van der Waals surface area (Å²) in [6, 6.07) is 2.08. The molecule has 0 saturated carbocycles. The standard InChI is InChI=1S/C12H13NO4/c1-3-5-9(12(15)16)13-11(14)10-7-6-8(4-2)17-10/h1,6-7,9H,4-5H2,2H3,(H,13,14)(H,15,16)/t9-/m0/s1. The maximum absolute atomic E-state index is 11.6. The number of terminal acetylenes is 1. The molecule has 1 aromatic rings. The number of furan rings is 1. The van der Waals surface area contributed by atoms with Gasteiger partial charge in [0.25, 0.3) is 5.91 Å². The summed E-state index contributed by atoms with van der Waals surface area (Å²) in [5.74, 6) is 1.21. The first-order chi connectivity index (χ1) is 8.08. The van der Waals surface area contributed by atoms with Crippen LogP contribution in [0.5, 0.6) is 0 Å². The van der Waals surface area contributed by atoms with E-state index in [1.807, 2.05) is 6.92 Å². The molecule has 0 aliphatic heterocycles. The number of amides is 1. The molecule has 5 heteroatoms. The Balaban J connectivity index is 2.70. The lowest BCUT2D eigenvalue weighted by Gasteiger charge is -2.10. The van der Waals surface area contributed by atoms with Gasteiger partial charge in [0.1, 0.15) is 11.8 Å². The summed E-state index contributed by atoms with van der Waals surface area (Å²) in [6.07, 6.45) is 5.62. The highest BCUT2D eigenvalue weighted by Crippen LogP contribution is 2.08. The highest BCUT2D eigenvalue weighted by molar-refractivity contribution is 5.94. The third-order valence-electron chi connectivity index (χ3n) is 2.16. The minimum Gasteiger partial charge on any atom is -0.480 e. The van der Waals surface area contributed by atoms with Gasteiger partial charge in [0.15, 0.2) is 5.76 Å². The van der Waals surface area contributed by atoms with Crippen LogP contribution in [-0.4, -0.2) is 23.0 Å². The topological polar surface area (TPSA) is 79.5 Å². The maximum Gasteiger partial charge on any atom is 0.327 e. The van der Waals surface area contributed by atoms with Crippen LogP contribution in [-0.2, 0) is 11.2 Å². The Morgan fingerprint density at radius 1 is 1.59 bits per heavy atom. The first kappa shape index (κ1) is 12.8. The fourth-order valence-corrected chi connectivity index (χ4v) is 1.24. The number of carbonyl (C=O) groups is 2. The van der Waals surface area contributed by atoms with Crippen LogP contribution in [0.25, 0.3) is 0 Å². The van der Waals surface area contributed by atoms with Gasteiger partial charge in [-0.2, -0.15) is 0 Å². The van der Waals surface area contributed by atoms with Gasteiger partial charge in [0.05, 0.1) is 0 Å². The molecule has 0 fully saturated rings. The molecule has 0 unspecified atom stereocenters. The van der Waals surface area contributed by atoms with Crippen molar-refractivity contribution in [3.05, 3.63) is 23.7 Å². The van der Waals surface area contributed by atoms with Crippen LogP contribution < -0.4 is 5.32 Å². The van der Waals surface area contributed by atoms with Gasteiger partial charge in [0, 0.05) is 12.8 Å². The number of rotatable bonds is 5. The third kappa shape index (κ3) is 3.38. The molecule has 0 aromatic carbocycles. The molecule has 0 spiro atoms. The van der Waals surface area contributed by atoms with E-state index in [2.05, 4.69) is 11.2 Å². The van der Waals surface area contributed by atoms with E-state index in [0.29, 0.717) is 12.2 Å². The Labute approximate surface area is 98.8 Å². The number of aryl methyl sites for hydroxylation is 1. The molecule has 0 radical (unpaired) electrons. The zero-order chi connectivity index (χ0) is 12.8. The molecule has 17 heavy (non-hydrogen) atoms. The zero-order valence-corrected chi connectivity index (χ0v) is 9.40. The smallest absolute Gasteiger partial charge is 0.327 e. The summed E-state index contributed by atoms with van der Waals surface area (Å²) < 4.78 is 5.20. The predicted octanol–water partition coefficient (Wildman–Crippen LogP) is 1.05. The second-order valence-electron chi connectivity index (χ2n) is 3.39. The van der Waals surface area contributed by atoms with Gasteiger partial charge in [-0.15, -0.1) is 12.3 Å². The van der Waals surface area contributed by atoms with Crippen molar-refractivity contribution in [1.82, 2.24) is 5.32 Å². The molecule has 1 aromatic heterocycles. The average Bonchev–Trinajstić information content (AvgIpc) is 2.76. The van der Waals surface area contributed by atoms with Gasteiger partial charge >= 0.3 is 5.97 Å². The molecule has 1 rings (SSSR count). The first-order valence-corrected chi connectivity index (χ1v) is 5.14. The fourth-order valence-electron chi connectivity index (χ4n) is 1.24. The van der Waals surface area contributed by atoms with E-state index in [9.17, 15) is 9.59 Å². The van der Waals surface area contributed by atoms with Gasteiger partial charge in [0.2, 0.25) is 0 Å². The normalized spacial score (nSPS) is 11.5. The van der Waals surface area contributed by atoms with E-state index in [-0.39, 0.29) is 12.2 Å². The van der Waals surface area contributed by atoms with Gasteiger partial charge in [-0.05, 0) is 12.1 Å². The van der Waals surface area contributed by atoms with Crippen molar-refractivity contribution in [2.24, 2.45) is 0 Å². The number of carboxylic acid groups (broad SMARTS) is 1. The molecule has 5 nitrogen and oxygen atoms in total. The van der Waals surface area contributed by atoms with Gasteiger partial charge in [-0.25, -0.2) is 4.79 Å². The quantitative estimate of drug-likeness (QED) is 0.747. The highest BCUT2D eigenvalue weighted by Gasteiger charge is 2.21. The molecule has 90 valence electrons. The lowest BCUT2D eigenvalue weighted by molar-refractivity contribution is -0.139. The summed E-state index contributed by atoms with van der Waals surface area (Å²) >= 11 is 0. The molecule has 0 saturated heterocycles. The second-order valence-corrected chi connectivity index (χ2v) is 3.39. The largest absolute Gasteiger partial charge is 0.480 e. The molecular weight excluding hydrogens is 222 g/mol. The Morgan fingerprint density at radius 3 is 2.76 bits per heavy atom. The minimum absolute atomic E-state index is 0.0670. The average molecular weight is 235 g/mol. The van der Waals surface area contributed by atoms with Crippen LogP contribution in [0.3, 0.4) is 0 Å². The number of carbonyl (C=O) groups excluding carboxylic acids is 1. The van der Waals surface area contributed by atoms with Crippen LogP contribution in [0.4, 0.5) is 0 Å². The van der Waals surface area contributed by atoms with Crippen molar-refractivity contribution in [2.45, 2.75) is 25.8 Å². The molecule has 1 amide bonds. The van der Waals surface area contributed by atoms with Crippen molar-refractivity contribution in [2.75, 3.05) is 0 Å². The monoisotopic (exact) mass is 235 g/mol. The van der Waals surface area contributed by atoms with Gasteiger partial charge < -0.3 is 14.8 Å². The SMILES string of the molecule is C#CC[C@H](NC(=O)c1ccc(CC)o1)C(=O)O. The Kier molecular flexibility index (Phi) is 4.35. The molecule has 0 aliphatic rings. The fraction of sp³-hybridized carbons (Fsp3) is 0.333. The number of nitrogens with one attached hydrogen (secondary N) is 1. The van der Waals surface area contributed by atoms with Crippen LogP contribution in [0.15, 0.2) is 16.5 Å². The molecule has 0 aliphatic carbocycles.